The van der Waals surface area contributed by atoms with Gasteiger partial charge in [-0.05, 0) is 18.2 Å². The number of halogens is 1. The number of hydrogen-bond acceptors (Lipinski definition) is 4. The van der Waals surface area contributed by atoms with Gasteiger partial charge in [-0.1, -0.05) is 47.1 Å². The number of amides is 1. The molecule has 0 aliphatic carbocycles. The molecule has 1 amide bonds. The van der Waals surface area contributed by atoms with Gasteiger partial charge in [0.15, 0.2) is 12.4 Å². The number of oxime groups is 1. The lowest BCUT2D eigenvalue weighted by Gasteiger charge is -2.10. The lowest BCUT2D eigenvalue weighted by molar-refractivity contribution is -0.120. The molecule has 0 saturated carbocycles. The number of anilines is 1. The van der Waals surface area contributed by atoms with Crippen LogP contribution in [-0.2, 0) is 9.63 Å². The number of carbonyl (C=O) groups is 1. The zero-order chi connectivity index (χ0) is 16.7. The molecule has 0 fully saturated rings. The average Bonchev–Trinajstić information content (AvgIpc) is 2.56. The Kier molecular flexibility index (Phi) is 5.82. The summed E-state index contributed by atoms with van der Waals surface area (Å²) in [7, 11) is 1.50. The molecule has 6 nitrogen and oxygen atoms in total. The first kappa shape index (κ1) is 16.6. The Balaban J connectivity index is 1.92. The molecule has 2 rings (SSSR count). The van der Waals surface area contributed by atoms with Crippen molar-refractivity contribution in [2.24, 2.45) is 10.9 Å². The van der Waals surface area contributed by atoms with Gasteiger partial charge in [0.2, 0.25) is 0 Å². The fraction of sp³-hybridized carbons (Fsp3) is 0.125. The van der Waals surface area contributed by atoms with Gasteiger partial charge in [-0.15, -0.1) is 0 Å². The van der Waals surface area contributed by atoms with Crippen molar-refractivity contribution in [2.75, 3.05) is 19.0 Å². The molecule has 0 aromatic heterocycles. The normalized spacial score (nSPS) is 11.0. The molecule has 0 aliphatic heterocycles. The summed E-state index contributed by atoms with van der Waals surface area (Å²) in [4.78, 5) is 16.8. The Labute approximate surface area is 138 Å². The van der Waals surface area contributed by atoms with Crippen LogP contribution >= 0.6 is 11.6 Å². The Bertz CT molecular complexity index is 705. The second-order valence-corrected chi connectivity index (χ2v) is 4.95. The summed E-state index contributed by atoms with van der Waals surface area (Å²) in [6, 6.07) is 14.0. The smallest absolute Gasteiger partial charge is 0.265 e. The van der Waals surface area contributed by atoms with Crippen LogP contribution in [0.25, 0.3) is 0 Å². The Hall–Kier alpha value is -2.73. The maximum Gasteiger partial charge on any atom is 0.265 e. The second-order valence-electron chi connectivity index (χ2n) is 4.51. The van der Waals surface area contributed by atoms with E-state index >= 15 is 0 Å². The number of nitrogens with zero attached hydrogens (tertiary/aromatic N) is 1. The Morgan fingerprint density at radius 2 is 2.00 bits per heavy atom. The highest BCUT2D eigenvalue weighted by atomic mass is 35.5. The highest BCUT2D eigenvalue weighted by Gasteiger charge is 2.09. The number of benzene rings is 2. The first-order chi connectivity index (χ1) is 11.1. The van der Waals surface area contributed by atoms with E-state index < -0.39 is 5.91 Å². The molecule has 0 unspecified atom stereocenters. The summed E-state index contributed by atoms with van der Waals surface area (Å²) >= 11 is 5.89. The molecule has 23 heavy (non-hydrogen) atoms. The lowest BCUT2D eigenvalue weighted by atomic mass is 10.2. The quantitative estimate of drug-likeness (QED) is 0.483. The number of ether oxygens (including phenoxy) is 1. The van der Waals surface area contributed by atoms with Gasteiger partial charge in [0.1, 0.15) is 5.75 Å². The fourth-order valence-corrected chi connectivity index (χ4v) is 1.96. The van der Waals surface area contributed by atoms with Crippen molar-refractivity contribution in [1.29, 1.82) is 0 Å². The molecule has 7 heteroatoms. The number of rotatable bonds is 6. The van der Waals surface area contributed by atoms with Crippen molar-refractivity contribution in [1.82, 2.24) is 0 Å². The number of methoxy groups -OCH3 is 1. The van der Waals surface area contributed by atoms with Crippen molar-refractivity contribution in [3.63, 3.8) is 0 Å². The molecular weight excluding hydrogens is 318 g/mol. The summed E-state index contributed by atoms with van der Waals surface area (Å²) in [6.45, 7) is -0.288. The molecule has 0 bridgehead atoms. The third kappa shape index (κ3) is 4.89. The van der Waals surface area contributed by atoms with E-state index in [0.29, 0.717) is 22.0 Å². The van der Waals surface area contributed by atoms with Gasteiger partial charge in [-0.3, -0.25) is 4.79 Å². The van der Waals surface area contributed by atoms with Gasteiger partial charge in [0, 0.05) is 10.6 Å². The van der Waals surface area contributed by atoms with Crippen LogP contribution in [0.15, 0.2) is 53.7 Å². The van der Waals surface area contributed by atoms with E-state index in [1.54, 1.807) is 30.3 Å². The monoisotopic (exact) mass is 333 g/mol. The first-order valence-electron chi connectivity index (χ1n) is 6.74. The third-order valence-electron chi connectivity index (χ3n) is 2.86. The Morgan fingerprint density at radius 3 is 2.70 bits per heavy atom. The molecule has 0 aliphatic rings. The van der Waals surface area contributed by atoms with Crippen molar-refractivity contribution in [3.05, 3.63) is 59.1 Å². The predicted octanol–water partition coefficient (Wildman–Crippen LogP) is 2.62. The van der Waals surface area contributed by atoms with Crippen LogP contribution in [0.2, 0.25) is 5.02 Å². The molecular formula is C16H16ClN3O3. The maximum atomic E-state index is 11.9. The number of nitrogens with two attached hydrogens (primary N) is 1. The summed E-state index contributed by atoms with van der Waals surface area (Å²) in [5.41, 5.74) is 6.92. The molecule has 120 valence electrons. The lowest BCUT2D eigenvalue weighted by Crippen LogP contribution is -2.19. The van der Waals surface area contributed by atoms with Crippen LogP contribution in [0.1, 0.15) is 5.56 Å². The van der Waals surface area contributed by atoms with Crippen molar-refractivity contribution < 1.29 is 14.4 Å². The highest BCUT2D eigenvalue weighted by Crippen LogP contribution is 2.27. The van der Waals surface area contributed by atoms with Gasteiger partial charge in [0.05, 0.1) is 12.8 Å². The number of nitrogens with one attached hydrogen (secondary N) is 1. The van der Waals surface area contributed by atoms with Crippen molar-refractivity contribution in [3.8, 4) is 5.75 Å². The predicted molar refractivity (Wildman–Crippen MR) is 89.8 cm³/mol. The van der Waals surface area contributed by atoms with Crippen LogP contribution in [0.3, 0.4) is 0 Å². The van der Waals surface area contributed by atoms with Gasteiger partial charge >= 0.3 is 0 Å². The van der Waals surface area contributed by atoms with E-state index in [1.807, 2.05) is 18.2 Å². The molecule has 3 N–H and O–H groups in total. The highest BCUT2D eigenvalue weighted by molar-refractivity contribution is 6.31. The van der Waals surface area contributed by atoms with Crippen molar-refractivity contribution in [2.45, 2.75) is 0 Å². The van der Waals surface area contributed by atoms with E-state index in [0.717, 1.165) is 0 Å². The van der Waals surface area contributed by atoms with E-state index in [9.17, 15) is 4.79 Å². The summed E-state index contributed by atoms with van der Waals surface area (Å²) in [6.07, 6.45) is 0. The van der Waals surface area contributed by atoms with Gasteiger partial charge in [-0.2, -0.15) is 0 Å². The maximum absolute atomic E-state index is 11.9. The molecule has 0 atom stereocenters. The molecule has 0 heterocycles. The van der Waals surface area contributed by atoms with Gasteiger partial charge < -0.3 is 20.6 Å². The van der Waals surface area contributed by atoms with E-state index in [-0.39, 0.29) is 12.4 Å². The zero-order valence-electron chi connectivity index (χ0n) is 12.5. The van der Waals surface area contributed by atoms with Crippen LogP contribution in [0.5, 0.6) is 5.75 Å². The minimum atomic E-state index is -0.407. The SMILES string of the molecule is COc1ccc(Cl)cc1NC(=O)CO/N=C(/N)c1ccccc1. The molecule has 2 aromatic carbocycles. The molecule has 0 spiro atoms. The largest absolute Gasteiger partial charge is 0.495 e. The van der Waals surface area contributed by atoms with Gasteiger partial charge in [-0.25, -0.2) is 0 Å². The van der Waals surface area contributed by atoms with Crippen LogP contribution in [0.4, 0.5) is 5.69 Å². The van der Waals surface area contributed by atoms with E-state index in [4.69, 9.17) is 26.9 Å². The minimum absolute atomic E-state index is 0.193. The van der Waals surface area contributed by atoms with E-state index in [2.05, 4.69) is 10.5 Å². The standard InChI is InChI=1S/C16H16ClN3O3/c1-22-14-8-7-12(17)9-13(14)19-15(21)10-23-20-16(18)11-5-3-2-4-6-11/h2-9H,10H2,1H3,(H2,18,20)(H,19,21). The molecule has 2 aromatic rings. The van der Waals surface area contributed by atoms with E-state index in [1.165, 1.54) is 7.11 Å². The third-order valence-corrected chi connectivity index (χ3v) is 3.10. The topological polar surface area (TPSA) is 85.9 Å². The molecule has 0 saturated heterocycles. The summed E-state index contributed by atoms with van der Waals surface area (Å²) < 4.78 is 5.14. The Morgan fingerprint density at radius 1 is 1.26 bits per heavy atom. The molecule has 0 radical (unpaired) electrons. The zero-order valence-corrected chi connectivity index (χ0v) is 13.2. The average molecular weight is 334 g/mol. The van der Waals surface area contributed by atoms with Gasteiger partial charge in [0.25, 0.3) is 5.91 Å². The van der Waals surface area contributed by atoms with Crippen LogP contribution in [0, 0.1) is 0 Å². The summed E-state index contributed by atoms with van der Waals surface area (Å²) in [5, 5.41) is 6.82. The number of carbonyl (C=O) groups excluding carboxylic acids is 1. The van der Waals surface area contributed by atoms with Crippen LogP contribution in [-0.4, -0.2) is 25.5 Å². The second kappa shape index (κ2) is 8.05. The summed E-state index contributed by atoms with van der Waals surface area (Å²) in [5.74, 6) is 0.281. The number of amidine groups is 1. The minimum Gasteiger partial charge on any atom is -0.495 e. The fourth-order valence-electron chi connectivity index (χ4n) is 1.79. The van der Waals surface area contributed by atoms with Crippen molar-refractivity contribution >= 4 is 29.0 Å². The first-order valence-corrected chi connectivity index (χ1v) is 7.12. The number of hydrogen-bond donors (Lipinski definition) is 2. The van der Waals surface area contributed by atoms with Crippen LogP contribution < -0.4 is 15.8 Å².